The van der Waals surface area contributed by atoms with E-state index in [1.165, 1.54) is 6.07 Å². The molecule has 0 aliphatic heterocycles. The molecule has 0 spiro atoms. The molecule has 0 radical (unpaired) electrons. The molecule has 1 atom stereocenters. The number of para-hydroxylation sites is 1. The fourth-order valence-corrected chi connectivity index (χ4v) is 3.07. The molecule has 1 amide bonds. The summed E-state index contributed by atoms with van der Waals surface area (Å²) < 4.78 is 12.6. The van der Waals surface area contributed by atoms with Gasteiger partial charge >= 0.3 is 0 Å². The van der Waals surface area contributed by atoms with Gasteiger partial charge in [0, 0.05) is 38.1 Å². The first-order chi connectivity index (χ1) is 15.4. The maximum absolute atomic E-state index is 12.8. The number of ether oxygens (including phenoxy) is 2. The van der Waals surface area contributed by atoms with Crippen LogP contribution in [0.15, 0.2) is 54.7 Å². The van der Waals surface area contributed by atoms with Crippen LogP contribution in [-0.4, -0.2) is 40.4 Å². The quantitative estimate of drug-likeness (QED) is 0.306. The van der Waals surface area contributed by atoms with Crippen LogP contribution in [-0.2, 0) is 11.8 Å². The number of aromatic nitrogens is 2. The topological polar surface area (TPSA) is 109 Å². The molecule has 0 saturated heterocycles. The molecule has 0 aliphatic carbocycles. The Kier molecular flexibility index (Phi) is 7.35. The number of amides is 1. The molecule has 0 saturated carbocycles. The highest BCUT2D eigenvalue weighted by molar-refractivity contribution is 6.04. The van der Waals surface area contributed by atoms with Crippen LogP contribution in [0.1, 0.15) is 28.4 Å². The number of benzene rings is 2. The highest BCUT2D eigenvalue weighted by Crippen LogP contribution is 2.24. The highest BCUT2D eigenvalue weighted by Gasteiger charge is 2.13. The Morgan fingerprint density at radius 2 is 2.03 bits per heavy atom. The van der Waals surface area contributed by atoms with Gasteiger partial charge in [-0.15, -0.1) is 0 Å². The molecule has 1 N–H and O–H groups in total. The van der Waals surface area contributed by atoms with Crippen molar-refractivity contribution in [3.05, 3.63) is 81.5 Å². The molecule has 0 aliphatic rings. The predicted octanol–water partition coefficient (Wildman–Crippen LogP) is 4.16. The Balaban J connectivity index is 1.92. The average Bonchev–Trinajstić information content (AvgIpc) is 3.16. The molecular formula is C23H24N4O5. The van der Waals surface area contributed by atoms with Gasteiger partial charge in [-0.1, -0.05) is 18.2 Å². The third kappa shape index (κ3) is 6.02. The van der Waals surface area contributed by atoms with E-state index in [9.17, 15) is 14.9 Å². The first-order valence-corrected chi connectivity index (χ1v) is 9.89. The van der Waals surface area contributed by atoms with Crippen LogP contribution >= 0.6 is 0 Å². The van der Waals surface area contributed by atoms with E-state index in [0.29, 0.717) is 34.9 Å². The minimum Gasteiger partial charge on any atom is -0.488 e. The number of anilines is 1. The number of nitro groups is 1. The van der Waals surface area contributed by atoms with Crippen molar-refractivity contribution in [3.8, 4) is 5.75 Å². The summed E-state index contributed by atoms with van der Waals surface area (Å²) in [6.45, 7) is 2.23. The van der Waals surface area contributed by atoms with E-state index in [1.807, 2.05) is 6.92 Å². The summed E-state index contributed by atoms with van der Waals surface area (Å²) in [6.07, 6.45) is 4.83. The van der Waals surface area contributed by atoms with Crippen LogP contribution in [0.25, 0.3) is 12.2 Å². The molecule has 1 heterocycles. The van der Waals surface area contributed by atoms with E-state index in [-0.39, 0.29) is 17.7 Å². The van der Waals surface area contributed by atoms with E-state index < -0.39 is 4.92 Å². The van der Waals surface area contributed by atoms with Crippen LogP contribution < -0.4 is 10.1 Å². The summed E-state index contributed by atoms with van der Waals surface area (Å²) >= 11 is 0. The Labute approximate surface area is 185 Å². The lowest BCUT2D eigenvalue weighted by molar-refractivity contribution is -0.385. The smallest absolute Gasteiger partial charge is 0.276 e. The van der Waals surface area contributed by atoms with Crippen LogP contribution in [0.2, 0.25) is 0 Å². The van der Waals surface area contributed by atoms with Gasteiger partial charge < -0.3 is 14.8 Å². The first-order valence-electron chi connectivity index (χ1n) is 9.89. The van der Waals surface area contributed by atoms with Crippen LogP contribution in [0, 0.1) is 10.1 Å². The van der Waals surface area contributed by atoms with E-state index in [1.54, 1.807) is 79.7 Å². The Bertz CT molecular complexity index is 1140. The lowest BCUT2D eigenvalue weighted by Gasteiger charge is -2.15. The SMILES string of the molecule is COC[C@H](C)Oc1cc(C=Cc2ccccc2[N+](=O)[O-])cc(C(=O)Nc2ccn(C)n2)c1. The molecule has 3 aromatic rings. The first kappa shape index (κ1) is 22.7. The fraction of sp³-hybridized carbons (Fsp3) is 0.217. The number of methoxy groups -OCH3 is 1. The van der Waals surface area contributed by atoms with Crippen molar-refractivity contribution >= 4 is 29.6 Å². The fourth-order valence-electron chi connectivity index (χ4n) is 3.07. The minimum atomic E-state index is -0.433. The second-order valence-electron chi connectivity index (χ2n) is 7.15. The van der Waals surface area contributed by atoms with Gasteiger partial charge in [-0.05, 0) is 42.8 Å². The Hall–Kier alpha value is -3.98. The predicted molar refractivity (Wildman–Crippen MR) is 122 cm³/mol. The maximum atomic E-state index is 12.8. The second kappa shape index (κ2) is 10.4. The molecular weight excluding hydrogens is 412 g/mol. The standard InChI is InChI=1S/C23H24N4O5/c1-16(15-31-3)32-20-13-17(8-9-18-6-4-5-7-21(18)27(29)30)12-19(14-20)23(28)24-22-10-11-26(2)25-22/h4-14,16H,15H2,1-3H3,(H,24,25,28)/t16-/m0/s1. The molecule has 9 nitrogen and oxygen atoms in total. The van der Waals surface area contributed by atoms with Gasteiger partial charge in [-0.25, -0.2) is 0 Å². The number of carbonyl (C=O) groups excluding carboxylic acids is 1. The lowest BCUT2D eigenvalue weighted by atomic mass is 10.1. The van der Waals surface area contributed by atoms with Crippen molar-refractivity contribution in [1.29, 1.82) is 0 Å². The third-order valence-corrected chi connectivity index (χ3v) is 4.47. The molecule has 1 aromatic heterocycles. The number of nitrogens with zero attached hydrogens (tertiary/aromatic N) is 3. The van der Waals surface area contributed by atoms with Gasteiger partial charge in [0.2, 0.25) is 0 Å². The van der Waals surface area contributed by atoms with Crippen molar-refractivity contribution in [2.24, 2.45) is 7.05 Å². The molecule has 0 fully saturated rings. The molecule has 166 valence electrons. The molecule has 0 unspecified atom stereocenters. The summed E-state index contributed by atoms with van der Waals surface area (Å²) in [7, 11) is 3.34. The van der Waals surface area contributed by atoms with Gasteiger partial charge in [0.25, 0.3) is 11.6 Å². The minimum absolute atomic E-state index is 0.00186. The Morgan fingerprint density at radius 3 is 2.72 bits per heavy atom. The van der Waals surface area contributed by atoms with Gasteiger partial charge in [0.15, 0.2) is 5.82 Å². The largest absolute Gasteiger partial charge is 0.488 e. The summed E-state index contributed by atoms with van der Waals surface area (Å²) in [5.41, 5.74) is 1.46. The summed E-state index contributed by atoms with van der Waals surface area (Å²) in [4.78, 5) is 23.6. The van der Waals surface area contributed by atoms with Gasteiger partial charge in [0.1, 0.15) is 11.9 Å². The number of hydrogen-bond donors (Lipinski definition) is 1. The zero-order chi connectivity index (χ0) is 23.1. The third-order valence-electron chi connectivity index (χ3n) is 4.47. The zero-order valence-corrected chi connectivity index (χ0v) is 18.0. The molecule has 2 aromatic carbocycles. The van der Waals surface area contributed by atoms with Gasteiger partial charge in [-0.3, -0.25) is 19.6 Å². The number of nitrogens with one attached hydrogen (secondary N) is 1. The van der Waals surface area contributed by atoms with E-state index in [0.717, 1.165) is 0 Å². The van der Waals surface area contributed by atoms with Gasteiger partial charge in [-0.2, -0.15) is 5.10 Å². The van der Waals surface area contributed by atoms with E-state index in [4.69, 9.17) is 9.47 Å². The monoisotopic (exact) mass is 436 g/mol. The highest BCUT2D eigenvalue weighted by atomic mass is 16.6. The number of carbonyl (C=O) groups is 1. The maximum Gasteiger partial charge on any atom is 0.276 e. The number of aryl methyl sites for hydroxylation is 1. The van der Waals surface area contributed by atoms with Crippen molar-refractivity contribution < 1.29 is 19.2 Å². The summed E-state index contributed by atoms with van der Waals surface area (Å²) in [5.74, 6) is 0.549. The Morgan fingerprint density at radius 1 is 1.25 bits per heavy atom. The van der Waals surface area contributed by atoms with Gasteiger partial charge in [0.05, 0.1) is 17.1 Å². The molecule has 3 rings (SSSR count). The summed E-state index contributed by atoms with van der Waals surface area (Å²) in [5, 5.41) is 18.2. The number of rotatable bonds is 9. The van der Waals surface area contributed by atoms with Crippen molar-refractivity contribution in [1.82, 2.24) is 9.78 Å². The second-order valence-corrected chi connectivity index (χ2v) is 7.15. The van der Waals surface area contributed by atoms with Crippen molar-refractivity contribution in [2.45, 2.75) is 13.0 Å². The lowest BCUT2D eigenvalue weighted by Crippen LogP contribution is -2.19. The number of nitro benzene ring substituents is 1. The molecule has 9 heteroatoms. The molecule has 32 heavy (non-hydrogen) atoms. The van der Waals surface area contributed by atoms with Crippen LogP contribution in [0.5, 0.6) is 5.75 Å². The number of hydrogen-bond acceptors (Lipinski definition) is 6. The normalized spacial score (nSPS) is 12.0. The van der Waals surface area contributed by atoms with E-state index in [2.05, 4.69) is 10.4 Å². The van der Waals surface area contributed by atoms with Crippen LogP contribution in [0.4, 0.5) is 11.5 Å². The van der Waals surface area contributed by atoms with Crippen molar-refractivity contribution in [2.75, 3.05) is 19.0 Å². The van der Waals surface area contributed by atoms with Crippen molar-refractivity contribution in [3.63, 3.8) is 0 Å². The summed E-state index contributed by atoms with van der Waals surface area (Å²) in [6, 6.07) is 13.2. The molecule has 0 bridgehead atoms. The average molecular weight is 436 g/mol. The van der Waals surface area contributed by atoms with E-state index >= 15 is 0 Å². The van der Waals surface area contributed by atoms with Crippen LogP contribution in [0.3, 0.4) is 0 Å². The zero-order valence-electron chi connectivity index (χ0n) is 18.0.